The van der Waals surface area contributed by atoms with Crippen LogP contribution in [0.4, 0.5) is 10.5 Å². The summed E-state index contributed by atoms with van der Waals surface area (Å²) in [5, 5.41) is 11.9. The van der Waals surface area contributed by atoms with E-state index in [9.17, 15) is 9.59 Å². The number of nitrogens with zero attached hydrogens (tertiary/aromatic N) is 1. The summed E-state index contributed by atoms with van der Waals surface area (Å²) in [7, 11) is 0. The molecule has 0 spiro atoms. The molecule has 114 valence electrons. The van der Waals surface area contributed by atoms with E-state index in [2.05, 4.69) is 21.2 Å². The molecular weight excluding hydrogens is 336 g/mol. The van der Waals surface area contributed by atoms with Gasteiger partial charge in [0.1, 0.15) is 0 Å². The fraction of sp³-hybridized carbons (Fsp3) is 0.467. The van der Waals surface area contributed by atoms with E-state index in [-0.39, 0.29) is 23.7 Å². The molecule has 1 heterocycles. The molecule has 2 amide bonds. The first-order chi connectivity index (χ1) is 9.88. The third-order valence-corrected chi connectivity index (χ3v) is 4.28. The Hall–Kier alpha value is -1.56. The second kappa shape index (κ2) is 6.47. The van der Waals surface area contributed by atoms with Gasteiger partial charge in [0.2, 0.25) is 0 Å². The predicted octanol–water partition coefficient (Wildman–Crippen LogP) is 3.94. The molecule has 1 aromatic rings. The van der Waals surface area contributed by atoms with Crippen LogP contribution >= 0.6 is 15.9 Å². The molecule has 1 fully saturated rings. The molecule has 1 aliphatic rings. The second-order valence-electron chi connectivity index (χ2n) is 5.50. The highest BCUT2D eigenvalue weighted by Gasteiger charge is 2.29. The Morgan fingerprint density at radius 3 is 2.43 bits per heavy atom. The SMILES string of the molecule is C[C@@H]1CCC[C@H](C)N1C(=O)Nc1cc(Br)cc(C(=O)O)c1. The van der Waals surface area contributed by atoms with E-state index < -0.39 is 5.97 Å². The van der Waals surface area contributed by atoms with E-state index in [1.807, 2.05) is 18.7 Å². The summed E-state index contributed by atoms with van der Waals surface area (Å²) in [6.07, 6.45) is 3.12. The first-order valence-electron chi connectivity index (χ1n) is 7.01. The summed E-state index contributed by atoms with van der Waals surface area (Å²) in [5.41, 5.74) is 0.621. The van der Waals surface area contributed by atoms with Crippen molar-refractivity contribution < 1.29 is 14.7 Å². The lowest BCUT2D eigenvalue weighted by Gasteiger charge is -2.38. The van der Waals surface area contributed by atoms with Gasteiger partial charge in [0.05, 0.1) is 5.56 Å². The molecule has 0 radical (unpaired) electrons. The van der Waals surface area contributed by atoms with Gasteiger partial charge in [0, 0.05) is 22.2 Å². The number of benzene rings is 1. The Labute approximate surface area is 132 Å². The molecule has 6 heteroatoms. The van der Waals surface area contributed by atoms with E-state index in [1.54, 1.807) is 6.07 Å². The summed E-state index contributed by atoms with van der Waals surface area (Å²) in [4.78, 5) is 25.3. The Morgan fingerprint density at radius 1 is 1.24 bits per heavy atom. The number of carboxylic acids is 1. The van der Waals surface area contributed by atoms with Crippen LogP contribution in [-0.2, 0) is 0 Å². The van der Waals surface area contributed by atoms with Crippen LogP contribution in [0.2, 0.25) is 0 Å². The van der Waals surface area contributed by atoms with Crippen molar-refractivity contribution in [3.05, 3.63) is 28.2 Å². The van der Waals surface area contributed by atoms with Gasteiger partial charge in [-0.3, -0.25) is 0 Å². The number of hydrogen-bond donors (Lipinski definition) is 2. The zero-order chi connectivity index (χ0) is 15.6. The molecule has 1 aliphatic heterocycles. The summed E-state index contributed by atoms with van der Waals surface area (Å²) >= 11 is 3.26. The molecule has 0 aromatic heterocycles. The molecule has 21 heavy (non-hydrogen) atoms. The fourth-order valence-corrected chi connectivity index (χ4v) is 3.29. The Balaban J connectivity index is 2.17. The standard InChI is InChI=1S/C15H19BrN2O3/c1-9-4-3-5-10(2)18(9)15(21)17-13-7-11(14(19)20)6-12(16)8-13/h6-10H,3-5H2,1-2H3,(H,17,21)(H,19,20)/t9-,10+. The number of hydrogen-bond acceptors (Lipinski definition) is 2. The van der Waals surface area contributed by atoms with Crippen LogP contribution < -0.4 is 5.32 Å². The van der Waals surface area contributed by atoms with Crippen molar-refractivity contribution in [2.45, 2.75) is 45.2 Å². The zero-order valence-electron chi connectivity index (χ0n) is 12.1. The maximum Gasteiger partial charge on any atom is 0.335 e. The molecular formula is C15H19BrN2O3. The zero-order valence-corrected chi connectivity index (χ0v) is 13.7. The molecule has 2 N–H and O–H groups in total. The Morgan fingerprint density at radius 2 is 1.86 bits per heavy atom. The minimum atomic E-state index is -1.02. The van der Waals surface area contributed by atoms with Gasteiger partial charge < -0.3 is 15.3 Å². The number of carbonyl (C=O) groups is 2. The fourth-order valence-electron chi connectivity index (χ4n) is 2.79. The van der Waals surface area contributed by atoms with Crippen molar-refractivity contribution in [2.24, 2.45) is 0 Å². The smallest absolute Gasteiger partial charge is 0.335 e. The highest BCUT2D eigenvalue weighted by atomic mass is 79.9. The van der Waals surface area contributed by atoms with Crippen molar-refractivity contribution in [3.63, 3.8) is 0 Å². The van der Waals surface area contributed by atoms with Crippen LogP contribution in [-0.4, -0.2) is 34.1 Å². The van der Waals surface area contributed by atoms with Crippen LogP contribution in [0, 0.1) is 0 Å². The molecule has 0 saturated carbocycles. The average molecular weight is 355 g/mol. The van der Waals surface area contributed by atoms with Crippen molar-refractivity contribution in [3.8, 4) is 0 Å². The minimum Gasteiger partial charge on any atom is -0.478 e. The summed E-state index contributed by atoms with van der Waals surface area (Å²) in [6.45, 7) is 4.08. The number of likely N-dealkylation sites (tertiary alicyclic amines) is 1. The van der Waals surface area contributed by atoms with Crippen molar-refractivity contribution in [1.82, 2.24) is 4.90 Å². The van der Waals surface area contributed by atoms with Crippen LogP contribution in [0.1, 0.15) is 43.5 Å². The third-order valence-electron chi connectivity index (χ3n) is 3.82. The monoisotopic (exact) mass is 354 g/mol. The topological polar surface area (TPSA) is 69.6 Å². The Bertz CT molecular complexity index is 552. The summed E-state index contributed by atoms with van der Waals surface area (Å²) < 4.78 is 0.623. The normalized spacial score (nSPS) is 22.0. The number of aromatic carboxylic acids is 1. The lowest BCUT2D eigenvalue weighted by molar-refractivity contribution is 0.0696. The minimum absolute atomic E-state index is 0.138. The first kappa shape index (κ1) is 15.8. The molecule has 1 saturated heterocycles. The van der Waals surface area contributed by atoms with Gasteiger partial charge in [-0.2, -0.15) is 0 Å². The van der Waals surface area contributed by atoms with Crippen molar-refractivity contribution >= 4 is 33.6 Å². The number of amides is 2. The average Bonchev–Trinajstić information content (AvgIpc) is 2.37. The lowest BCUT2D eigenvalue weighted by Crippen LogP contribution is -2.49. The van der Waals surface area contributed by atoms with Crippen LogP contribution in [0.5, 0.6) is 0 Å². The lowest BCUT2D eigenvalue weighted by atomic mass is 9.98. The van der Waals surface area contributed by atoms with Gasteiger partial charge in [0.25, 0.3) is 0 Å². The van der Waals surface area contributed by atoms with E-state index >= 15 is 0 Å². The number of nitrogens with one attached hydrogen (secondary N) is 1. The maximum atomic E-state index is 12.4. The van der Waals surface area contributed by atoms with Gasteiger partial charge in [-0.05, 0) is 51.3 Å². The predicted molar refractivity (Wildman–Crippen MR) is 84.7 cm³/mol. The Kier molecular flexibility index (Phi) is 4.88. The first-order valence-corrected chi connectivity index (χ1v) is 7.81. The van der Waals surface area contributed by atoms with Gasteiger partial charge in [-0.25, -0.2) is 9.59 Å². The number of carbonyl (C=O) groups excluding carboxylic acids is 1. The van der Waals surface area contributed by atoms with E-state index in [0.29, 0.717) is 10.2 Å². The van der Waals surface area contributed by atoms with Crippen molar-refractivity contribution in [2.75, 3.05) is 5.32 Å². The number of rotatable bonds is 2. The number of anilines is 1. The molecule has 1 aromatic carbocycles. The molecule has 2 rings (SSSR count). The highest BCUT2D eigenvalue weighted by Crippen LogP contribution is 2.25. The van der Waals surface area contributed by atoms with Gasteiger partial charge in [0.15, 0.2) is 0 Å². The van der Waals surface area contributed by atoms with E-state index in [4.69, 9.17) is 5.11 Å². The molecule has 2 atom stereocenters. The van der Waals surface area contributed by atoms with Crippen LogP contribution in [0.25, 0.3) is 0 Å². The van der Waals surface area contributed by atoms with E-state index in [1.165, 1.54) is 12.1 Å². The van der Waals surface area contributed by atoms with Gasteiger partial charge in [-0.1, -0.05) is 15.9 Å². The number of carboxylic acid groups (broad SMARTS) is 1. The van der Waals surface area contributed by atoms with E-state index in [0.717, 1.165) is 19.3 Å². The number of urea groups is 1. The van der Waals surface area contributed by atoms with Crippen molar-refractivity contribution in [1.29, 1.82) is 0 Å². The molecule has 5 nitrogen and oxygen atoms in total. The summed E-state index contributed by atoms with van der Waals surface area (Å²) in [5.74, 6) is -1.02. The number of halogens is 1. The van der Waals surface area contributed by atoms with Gasteiger partial charge in [-0.15, -0.1) is 0 Å². The second-order valence-corrected chi connectivity index (χ2v) is 6.42. The highest BCUT2D eigenvalue weighted by molar-refractivity contribution is 9.10. The molecule has 0 bridgehead atoms. The molecule has 0 unspecified atom stereocenters. The number of piperidine rings is 1. The molecule has 0 aliphatic carbocycles. The third kappa shape index (κ3) is 3.75. The van der Waals surface area contributed by atoms with Gasteiger partial charge >= 0.3 is 12.0 Å². The summed E-state index contributed by atoms with van der Waals surface area (Å²) in [6, 6.07) is 4.88. The largest absolute Gasteiger partial charge is 0.478 e. The van der Waals surface area contributed by atoms with Crippen LogP contribution in [0.15, 0.2) is 22.7 Å². The quantitative estimate of drug-likeness (QED) is 0.844. The van der Waals surface area contributed by atoms with Crippen LogP contribution in [0.3, 0.4) is 0 Å². The maximum absolute atomic E-state index is 12.4.